The van der Waals surface area contributed by atoms with Crippen LogP contribution < -0.4 is 9.46 Å². The molecule has 29 heavy (non-hydrogen) atoms. The van der Waals surface area contributed by atoms with Crippen molar-refractivity contribution < 1.29 is 18.3 Å². The van der Waals surface area contributed by atoms with Crippen LogP contribution in [0.3, 0.4) is 0 Å². The molecule has 0 bridgehead atoms. The zero-order valence-corrected chi connectivity index (χ0v) is 16.5. The first-order valence-corrected chi connectivity index (χ1v) is 10.0. The van der Waals surface area contributed by atoms with Crippen LogP contribution in [0.15, 0.2) is 53.9 Å². The molecule has 0 amide bonds. The first-order chi connectivity index (χ1) is 13.9. The topological polar surface area (TPSA) is 124 Å². The Morgan fingerprint density at radius 1 is 1.21 bits per heavy atom. The van der Waals surface area contributed by atoms with Crippen LogP contribution in [-0.4, -0.2) is 45.2 Å². The number of anilines is 1. The molecule has 0 aliphatic heterocycles. The molecule has 150 valence electrons. The highest BCUT2D eigenvalue weighted by atomic mass is 32.2. The van der Waals surface area contributed by atoms with Gasteiger partial charge in [-0.3, -0.25) is 9.40 Å². The second kappa shape index (κ2) is 7.18. The number of rotatable bonds is 6. The Labute approximate surface area is 166 Å². The second-order valence-corrected chi connectivity index (χ2v) is 7.94. The molecule has 10 nitrogen and oxygen atoms in total. The fourth-order valence-corrected chi connectivity index (χ4v) is 3.97. The summed E-state index contributed by atoms with van der Waals surface area (Å²) in [5, 5.41) is 18.3. The van der Waals surface area contributed by atoms with E-state index in [0.29, 0.717) is 22.6 Å². The smallest absolute Gasteiger partial charge is 0.265 e. The number of sulfonamides is 1. The Kier molecular flexibility index (Phi) is 4.68. The van der Waals surface area contributed by atoms with E-state index in [0.717, 1.165) is 5.39 Å². The summed E-state index contributed by atoms with van der Waals surface area (Å²) in [5.41, 5.74) is 1.52. The van der Waals surface area contributed by atoms with Crippen molar-refractivity contribution in [1.29, 1.82) is 0 Å². The quantitative estimate of drug-likeness (QED) is 0.489. The van der Waals surface area contributed by atoms with E-state index in [-0.39, 0.29) is 17.2 Å². The van der Waals surface area contributed by atoms with Crippen LogP contribution in [0.5, 0.6) is 5.75 Å². The van der Waals surface area contributed by atoms with Crippen molar-refractivity contribution in [2.75, 3.05) is 11.8 Å². The number of aromatic nitrogens is 5. The fraction of sp³-hybridized carbons (Fsp3) is 0.167. The number of hydrogen-bond acceptors (Lipinski definition) is 7. The van der Waals surface area contributed by atoms with Gasteiger partial charge in [0.1, 0.15) is 16.3 Å². The summed E-state index contributed by atoms with van der Waals surface area (Å²) in [6, 6.07) is 6.76. The van der Waals surface area contributed by atoms with Crippen LogP contribution in [0.25, 0.3) is 16.7 Å². The minimum atomic E-state index is -3.97. The lowest BCUT2D eigenvalue weighted by molar-refractivity contribution is 0.281. The number of nitrogens with zero attached hydrogens (tertiary/aromatic N) is 5. The lowest BCUT2D eigenvalue weighted by Crippen LogP contribution is -2.14. The molecule has 2 N–H and O–H groups in total. The maximum Gasteiger partial charge on any atom is 0.265 e. The van der Waals surface area contributed by atoms with Gasteiger partial charge in [0.25, 0.3) is 10.0 Å². The van der Waals surface area contributed by atoms with Crippen LogP contribution >= 0.6 is 0 Å². The molecule has 4 aromatic rings. The second-order valence-electron chi connectivity index (χ2n) is 6.26. The number of nitrogens with one attached hydrogen (secondary N) is 1. The summed E-state index contributed by atoms with van der Waals surface area (Å²) in [5.74, 6) is 0.763. The molecule has 1 aromatic carbocycles. The lowest BCUT2D eigenvalue weighted by atomic mass is 10.2. The predicted molar refractivity (Wildman–Crippen MR) is 105 cm³/mol. The van der Waals surface area contributed by atoms with E-state index in [1.165, 1.54) is 30.4 Å². The standard InChI is InChI=1S/C18H18N6O4S/c1-23-18-13(8-20-23)3-4-15(28-2)17(18)22-29(26,27)14-9-21-24(10-14)16-7-12(11-25)5-6-19-16/h3-10,22,25H,11H2,1-2H3. The summed E-state index contributed by atoms with van der Waals surface area (Å²) >= 11 is 0. The molecule has 3 heterocycles. The lowest BCUT2D eigenvalue weighted by Gasteiger charge is -2.13. The largest absolute Gasteiger partial charge is 0.494 e. The first kappa shape index (κ1) is 18.9. The fourth-order valence-electron chi connectivity index (χ4n) is 2.96. The molecule has 11 heteroatoms. The number of aliphatic hydroxyl groups is 1. The zero-order valence-electron chi connectivity index (χ0n) is 15.6. The van der Waals surface area contributed by atoms with Crippen molar-refractivity contribution in [2.45, 2.75) is 11.5 Å². The van der Waals surface area contributed by atoms with Gasteiger partial charge in [0.2, 0.25) is 0 Å². The molecule has 0 aliphatic rings. The number of aliphatic hydroxyl groups excluding tert-OH is 1. The summed E-state index contributed by atoms with van der Waals surface area (Å²) in [6.45, 7) is -0.155. The Balaban J connectivity index is 1.73. The highest BCUT2D eigenvalue weighted by Gasteiger charge is 2.22. The molecule has 0 radical (unpaired) electrons. The van der Waals surface area contributed by atoms with Crippen LogP contribution in [0.1, 0.15) is 5.56 Å². The molecule has 0 saturated carbocycles. The monoisotopic (exact) mass is 414 g/mol. The maximum absolute atomic E-state index is 13.0. The molecule has 3 aromatic heterocycles. The highest BCUT2D eigenvalue weighted by Crippen LogP contribution is 2.34. The Bertz CT molecular complexity index is 1290. The van der Waals surface area contributed by atoms with Crippen LogP contribution in [0.4, 0.5) is 5.69 Å². The van der Waals surface area contributed by atoms with Crippen molar-refractivity contribution in [1.82, 2.24) is 24.5 Å². The Morgan fingerprint density at radius 2 is 2.03 bits per heavy atom. The van der Waals surface area contributed by atoms with E-state index in [1.807, 2.05) is 0 Å². The summed E-state index contributed by atoms with van der Waals surface area (Å²) in [6.07, 6.45) is 5.74. The molecule has 0 spiro atoms. The number of pyridine rings is 1. The van der Waals surface area contributed by atoms with E-state index in [2.05, 4.69) is 19.9 Å². The van der Waals surface area contributed by atoms with Crippen molar-refractivity contribution in [3.05, 3.63) is 54.6 Å². The molecule has 4 rings (SSSR count). The van der Waals surface area contributed by atoms with Gasteiger partial charge in [-0.05, 0) is 29.8 Å². The van der Waals surface area contributed by atoms with Gasteiger partial charge in [-0.15, -0.1) is 0 Å². The third-order valence-electron chi connectivity index (χ3n) is 4.42. The van der Waals surface area contributed by atoms with E-state index in [1.54, 1.807) is 42.2 Å². The average Bonchev–Trinajstić information content (AvgIpc) is 3.36. The van der Waals surface area contributed by atoms with Gasteiger partial charge in [0, 0.05) is 18.6 Å². The van der Waals surface area contributed by atoms with Crippen molar-refractivity contribution in [3.63, 3.8) is 0 Å². The Hall–Kier alpha value is -3.44. The number of aryl methyl sites for hydroxylation is 1. The summed E-state index contributed by atoms with van der Waals surface area (Å²) in [4.78, 5) is 4.11. The summed E-state index contributed by atoms with van der Waals surface area (Å²) < 4.78 is 36.8. The minimum Gasteiger partial charge on any atom is -0.494 e. The molecule has 0 atom stereocenters. The molecule has 0 unspecified atom stereocenters. The normalized spacial score (nSPS) is 11.7. The van der Waals surface area contributed by atoms with Gasteiger partial charge in [0.15, 0.2) is 5.82 Å². The number of methoxy groups -OCH3 is 1. The molecular formula is C18H18N6O4S. The van der Waals surface area contributed by atoms with Crippen molar-refractivity contribution >= 4 is 26.6 Å². The van der Waals surface area contributed by atoms with Crippen LogP contribution in [-0.2, 0) is 23.7 Å². The van der Waals surface area contributed by atoms with Crippen molar-refractivity contribution in [2.24, 2.45) is 7.05 Å². The van der Waals surface area contributed by atoms with Gasteiger partial charge in [0.05, 0.1) is 37.8 Å². The predicted octanol–water partition coefficient (Wildman–Crippen LogP) is 1.46. The molecular weight excluding hydrogens is 396 g/mol. The maximum atomic E-state index is 13.0. The van der Waals surface area contributed by atoms with Gasteiger partial charge in [-0.2, -0.15) is 10.2 Å². The van der Waals surface area contributed by atoms with E-state index in [9.17, 15) is 13.5 Å². The SMILES string of the molecule is COc1ccc2cnn(C)c2c1NS(=O)(=O)c1cnn(-c2cc(CO)ccn2)c1. The van der Waals surface area contributed by atoms with E-state index >= 15 is 0 Å². The van der Waals surface area contributed by atoms with Crippen LogP contribution in [0, 0.1) is 0 Å². The third-order valence-corrected chi connectivity index (χ3v) is 5.72. The number of hydrogen-bond donors (Lipinski definition) is 2. The van der Waals surface area contributed by atoms with Crippen molar-refractivity contribution in [3.8, 4) is 11.6 Å². The van der Waals surface area contributed by atoms with Gasteiger partial charge in [-0.1, -0.05) is 0 Å². The van der Waals surface area contributed by atoms with E-state index < -0.39 is 10.0 Å². The molecule has 0 fully saturated rings. The first-order valence-electron chi connectivity index (χ1n) is 8.55. The average molecular weight is 414 g/mol. The summed E-state index contributed by atoms with van der Waals surface area (Å²) in [7, 11) is -0.781. The van der Waals surface area contributed by atoms with Crippen LogP contribution in [0.2, 0.25) is 0 Å². The zero-order chi connectivity index (χ0) is 20.6. The molecule has 0 aliphatic carbocycles. The van der Waals surface area contributed by atoms with Gasteiger partial charge < -0.3 is 9.84 Å². The van der Waals surface area contributed by atoms with Gasteiger partial charge >= 0.3 is 0 Å². The Morgan fingerprint density at radius 3 is 2.79 bits per heavy atom. The number of fused-ring (bicyclic) bond motifs is 1. The van der Waals surface area contributed by atoms with Gasteiger partial charge in [-0.25, -0.2) is 18.1 Å². The third kappa shape index (κ3) is 3.41. The molecule has 0 saturated heterocycles. The van der Waals surface area contributed by atoms with E-state index in [4.69, 9.17) is 4.74 Å². The number of benzene rings is 1. The minimum absolute atomic E-state index is 0.0464. The number of ether oxygens (including phenoxy) is 1. The highest BCUT2D eigenvalue weighted by molar-refractivity contribution is 7.92.